The molecule has 2 aromatic rings. The molecule has 2 aromatic carbocycles. The van der Waals surface area contributed by atoms with E-state index >= 15 is 0 Å². The number of amides is 3. The molecule has 8 heteroatoms. The van der Waals surface area contributed by atoms with E-state index in [4.69, 9.17) is 0 Å². The Labute approximate surface area is 266 Å². The lowest BCUT2D eigenvalue weighted by molar-refractivity contribution is -0.148. The third-order valence-corrected chi connectivity index (χ3v) is 11.8. The minimum absolute atomic E-state index is 0.0249. The largest absolute Gasteiger partial charge is 0.394 e. The van der Waals surface area contributed by atoms with Gasteiger partial charge in [0, 0.05) is 31.4 Å². The van der Waals surface area contributed by atoms with Gasteiger partial charge in [-0.2, -0.15) is 0 Å². The first-order valence-electron chi connectivity index (χ1n) is 15.8. The molecule has 0 radical (unpaired) electrons. The van der Waals surface area contributed by atoms with Crippen molar-refractivity contribution in [2.75, 3.05) is 19.7 Å². The molecule has 7 atom stereocenters. The predicted molar refractivity (Wildman–Crippen MR) is 175 cm³/mol. The van der Waals surface area contributed by atoms with Gasteiger partial charge in [-0.1, -0.05) is 93.1 Å². The summed E-state index contributed by atoms with van der Waals surface area (Å²) in [6.45, 7) is 13.2. The second kappa shape index (κ2) is 13.7. The SMILES string of the molecule is C=CCN(Cc1ccccc1)C(=O)C1N([C@@H](CO)[C@@H](C)CC)C(=O)[C@@H]2[C@H](C(=O)N(CC=C)Cc3ccccc3)[C@@H]3CCC12S3. The molecular formula is C36H45N3O4S. The van der Waals surface area contributed by atoms with E-state index in [1.165, 1.54) is 0 Å². The fourth-order valence-electron chi connectivity index (χ4n) is 7.59. The van der Waals surface area contributed by atoms with Gasteiger partial charge in [0.2, 0.25) is 17.7 Å². The van der Waals surface area contributed by atoms with Gasteiger partial charge < -0.3 is 19.8 Å². The van der Waals surface area contributed by atoms with Gasteiger partial charge in [0.1, 0.15) is 6.04 Å². The summed E-state index contributed by atoms with van der Waals surface area (Å²) in [6.07, 6.45) is 5.64. The van der Waals surface area contributed by atoms with E-state index in [0.29, 0.717) is 32.6 Å². The average Bonchev–Trinajstić information content (AvgIpc) is 3.69. The van der Waals surface area contributed by atoms with Gasteiger partial charge in [-0.3, -0.25) is 14.4 Å². The zero-order valence-corrected chi connectivity index (χ0v) is 26.7. The highest BCUT2D eigenvalue weighted by atomic mass is 32.2. The lowest BCUT2D eigenvalue weighted by Crippen LogP contribution is -2.58. The van der Waals surface area contributed by atoms with Crippen LogP contribution in [-0.2, 0) is 27.5 Å². The molecule has 3 aliphatic heterocycles. The van der Waals surface area contributed by atoms with Crippen molar-refractivity contribution in [3.05, 3.63) is 97.1 Å². The first kappa shape index (κ1) is 32.0. The van der Waals surface area contributed by atoms with Crippen LogP contribution in [-0.4, -0.2) is 79.3 Å². The molecule has 1 N–H and O–H groups in total. The van der Waals surface area contributed by atoms with Crippen molar-refractivity contribution in [2.45, 2.75) is 68.3 Å². The summed E-state index contributed by atoms with van der Waals surface area (Å²) in [4.78, 5) is 49.2. The van der Waals surface area contributed by atoms with Crippen molar-refractivity contribution in [3.8, 4) is 0 Å². The maximum atomic E-state index is 14.8. The Morgan fingerprint density at radius 2 is 1.55 bits per heavy atom. The molecule has 3 amide bonds. The summed E-state index contributed by atoms with van der Waals surface area (Å²) >= 11 is 1.67. The van der Waals surface area contributed by atoms with Gasteiger partial charge in [0.15, 0.2) is 0 Å². The first-order chi connectivity index (χ1) is 21.3. The molecule has 234 valence electrons. The van der Waals surface area contributed by atoms with E-state index in [2.05, 4.69) is 13.2 Å². The van der Waals surface area contributed by atoms with E-state index in [0.717, 1.165) is 24.0 Å². The highest BCUT2D eigenvalue weighted by Gasteiger charge is 2.74. The third kappa shape index (κ3) is 5.74. The number of hydrogen-bond acceptors (Lipinski definition) is 5. The van der Waals surface area contributed by atoms with Crippen LogP contribution in [0.5, 0.6) is 0 Å². The Morgan fingerprint density at radius 3 is 2.05 bits per heavy atom. The molecule has 3 heterocycles. The molecule has 2 unspecified atom stereocenters. The highest BCUT2D eigenvalue weighted by molar-refractivity contribution is 8.02. The Bertz CT molecular complexity index is 1350. The zero-order chi connectivity index (χ0) is 31.4. The summed E-state index contributed by atoms with van der Waals surface area (Å²) in [5.74, 6) is -1.56. The normalized spacial score (nSPS) is 26.6. The Morgan fingerprint density at radius 1 is 1.00 bits per heavy atom. The number of fused-ring (bicyclic) bond motifs is 1. The van der Waals surface area contributed by atoms with Crippen LogP contribution in [0.2, 0.25) is 0 Å². The predicted octanol–water partition coefficient (Wildman–Crippen LogP) is 4.91. The van der Waals surface area contributed by atoms with Crippen molar-refractivity contribution in [3.63, 3.8) is 0 Å². The van der Waals surface area contributed by atoms with Crippen molar-refractivity contribution in [2.24, 2.45) is 17.8 Å². The molecule has 44 heavy (non-hydrogen) atoms. The standard InChI is InChI=1S/C36H45N3O4S/c1-5-20-37(22-26-14-10-8-11-15-26)33(41)30-29-18-19-36(44-29)31(30)34(42)39(28(24-40)25(4)7-3)32(36)35(43)38(21-6-2)23-27-16-12-9-13-17-27/h5-6,8-17,25,28-32,40H,1-2,7,18-24H2,3-4H3/t25-,28-,29-,30+,31-,32?,36?/m0/s1. The number of nitrogens with zero attached hydrogens (tertiary/aromatic N) is 3. The van der Waals surface area contributed by atoms with Gasteiger partial charge in [0.05, 0.1) is 29.2 Å². The summed E-state index contributed by atoms with van der Waals surface area (Å²) in [7, 11) is 0. The van der Waals surface area contributed by atoms with Gasteiger partial charge >= 0.3 is 0 Å². The number of rotatable bonds is 14. The van der Waals surface area contributed by atoms with Gasteiger partial charge in [-0.05, 0) is 29.9 Å². The van der Waals surface area contributed by atoms with E-state index in [1.54, 1.807) is 38.6 Å². The molecule has 7 nitrogen and oxygen atoms in total. The van der Waals surface area contributed by atoms with E-state index in [-0.39, 0.29) is 35.5 Å². The number of hydrogen-bond donors (Lipinski definition) is 1. The molecule has 3 aliphatic rings. The van der Waals surface area contributed by atoms with Crippen LogP contribution in [0.15, 0.2) is 86.0 Å². The van der Waals surface area contributed by atoms with Crippen LogP contribution in [0.3, 0.4) is 0 Å². The summed E-state index contributed by atoms with van der Waals surface area (Å²) in [5, 5.41) is 10.6. The number of carbonyl (C=O) groups excluding carboxylic acids is 3. The van der Waals surface area contributed by atoms with Crippen molar-refractivity contribution < 1.29 is 19.5 Å². The van der Waals surface area contributed by atoms with Crippen LogP contribution in [0.1, 0.15) is 44.2 Å². The van der Waals surface area contributed by atoms with Crippen LogP contribution < -0.4 is 0 Å². The molecule has 5 rings (SSSR count). The number of aliphatic hydroxyl groups excluding tert-OH is 1. The fraction of sp³-hybridized carbons (Fsp3) is 0.472. The Balaban J connectivity index is 1.55. The van der Waals surface area contributed by atoms with Crippen molar-refractivity contribution in [1.29, 1.82) is 0 Å². The number of thioether (sulfide) groups is 1. The Hall–Kier alpha value is -3.36. The van der Waals surface area contributed by atoms with Gasteiger partial charge in [-0.25, -0.2) is 0 Å². The Kier molecular flexibility index (Phi) is 10.0. The molecule has 3 saturated heterocycles. The molecular weight excluding hydrogens is 570 g/mol. The maximum absolute atomic E-state index is 14.8. The summed E-state index contributed by atoms with van der Waals surface area (Å²) < 4.78 is -0.733. The fourth-order valence-corrected chi connectivity index (χ4v) is 9.78. The van der Waals surface area contributed by atoms with Crippen LogP contribution in [0.4, 0.5) is 0 Å². The zero-order valence-electron chi connectivity index (χ0n) is 25.9. The number of carbonyl (C=O) groups is 3. The lowest BCUT2D eigenvalue weighted by Gasteiger charge is -2.41. The molecule has 0 aromatic heterocycles. The monoisotopic (exact) mass is 615 g/mol. The number of benzene rings is 2. The molecule has 0 aliphatic carbocycles. The minimum atomic E-state index is -0.774. The first-order valence-corrected chi connectivity index (χ1v) is 16.7. The van der Waals surface area contributed by atoms with E-state index in [1.807, 2.05) is 74.5 Å². The van der Waals surface area contributed by atoms with Crippen LogP contribution in [0.25, 0.3) is 0 Å². The highest BCUT2D eigenvalue weighted by Crippen LogP contribution is 2.67. The third-order valence-electron chi connectivity index (χ3n) is 9.86. The maximum Gasteiger partial charge on any atom is 0.247 e. The second-order valence-corrected chi connectivity index (χ2v) is 14.0. The lowest BCUT2D eigenvalue weighted by atomic mass is 9.70. The minimum Gasteiger partial charge on any atom is -0.394 e. The average molecular weight is 616 g/mol. The van der Waals surface area contributed by atoms with E-state index in [9.17, 15) is 19.5 Å². The summed E-state index contributed by atoms with van der Waals surface area (Å²) in [6, 6.07) is 18.4. The van der Waals surface area contributed by atoms with Crippen LogP contribution >= 0.6 is 11.8 Å². The van der Waals surface area contributed by atoms with E-state index < -0.39 is 28.7 Å². The molecule has 0 saturated carbocycles. The number of aliphatic hydroxyl groups is 1. The topological polar surface area (TPSA) is 81.2 Å². The van der Waals surface area contributed by atoms with Gasteiger partial charge in [-0.15, -0.1) is 24.9 Å². The van der Waals surface area contributed by atoms with Crippen LogP contribution in [0, 0.1) is 17.8 Å². The quantitative estimate of drug-likeness (QED) is 0.306. The van der Waals surface area contributed by atoms with Crippen molar-refractivity contribution >= 4 is 29.5 Å². The molecule has 3 fully saturated rings. The summed E-state index contributed by atoms with van der Waals surface area (Å²) in [5.41, 5.74) is 2.00. The second-order valence-electron chi connectivity index (χ2n) is 12.4. The van der Waals surface area contributed by atoms with Crippen molar-refractivity contribution in [1.82, 2.24) is 14.7 Å². The molecule has 1 spiro atoms. The number of likely N-dealkylation sites (tertiary alicyclic amines) is 1. The molecule has 2 bridgehead atoms. The smallest absolute Gasteiger partial charge is 0.247 e. The van der Waals surface area contributed by atoms with Gasteiger partial charge in [0.25, 0.3) is 0 Å².